The van der Waals surface area contributed by atoms with E-state index in [9.17, 15) is 14.7 Å². The highest BCUT2D eigenvalue weighted by atomic mass is 16.4. The predicted molar refractivity (Wildman–Crippen MR) is 71.0 cm³/mol. The van der Waals surface area contributed by atoms with Crippen LogP contribution in [0, 0.1) is 19.3 Å². The number of aryl methyl sites for hydroxylation is 2. The van der Waals surface area contributed by atoms with Gasteiger partial charge in [0.2, 0.25) is 0 Å². The van der Waals surface area contributed by atoms with E-state index in [1.54, 1.807) is 46.3 Å². The topological polar surface area (TPSA) is 84.2 Å². The molecule has 6 nitrogen and oxygen atoms in total. The first-order valence-corrected chi connectivity index (χ1v) is 6.09. The lowest BCUT2D eigenvalue weighted by molar-refractivity contribution is -0.142. The average Bonchev–Trinajstić information content (AvgIpc) is 2.47. The maximum absolute atomic E-state index is 12.2. The Morgan fingerprint density at radius 1 is 1.32 bits per heavy atom. The van der Waals surface area contributed by atoms with Gasteiger partial charge in [-0.15, -0.1) is 0 Å². The van der Waals surface area contributed by atoms with Crippen LogP contribution in [0.1, 0.15) is 42.5 Å². The van der Waals surface area contributed by atoms with Crippen LogP contribution in [-0.4, -0.2) is 32.8 Å². The molecule has 0 bridgehead atoms. The largest absolute Gasteiger partial charge is 0.480 e. The summed E-state index contributed by atoms with van der Waals surface area (Å²) in [6, 6.07) is -0.945. The van der Waals surface area contributed by atoms with E-state index >= 15 is 0 Å². The van der Waals surface area contributed by atoms with Crippen molar-refractivity contribution in [2.75, 3.05) is 0 Å². The first-order chi connectivity index (χ1) is 8.55. The highest BCUT2D eigenvalue weighted by molar-refractivity contribution is 5.98. The highest BCUT2D eigenvalue weighted by Crippen LogP contribution is 2.21. The molecule has 1 heterocycles. The molecule has 1 aromatic heterocycles. The molecule has 0 aliphatic heterocycles. The molecule has 0 unspecified atom stereocenters. The van der Waals surface area contributed by atoms with Crippen LogP contribution in [0.4, 0.5) is 0 Å². The van der Waals surface area contributed by atoms with E-state index in [-0.39, 0.29) is 0 Å². The lowest BCUT2D eigenvalue weighted by Gasteiger charge is -2.27. The number of carboxylic acids is 1. The quantitative estimate of drug-likeness (QED) is 0.863. The Labute approximate surface area is 112 Å². The number of aromatic nitrogens is 2. The Balaban J connectivity index is 3.05. The number of hydrogen-bond donors (Lipinski definition) is 2. The van der Waals surface area contributed by atoms with Gasteiger partial charge in [0.25, 0.3) is 5.91 Å². The van der Waals surface area contributed by atoms with Crippen LogP contribution in [-0.2, 0) is 11.8 Å². The zero-order chi connectivity index (χ0) is 15.0. The first kappa shape index (κ1) is 15.2. The van der Waals surface area contributed by atoms with E-state index in [2.05, 4.69) is 10.4 Å². The maximum atomic E-state index is 12.2. The van der Waals surface area contributed by atoms with Crippen LogP contribution in [0.3, 0.4) is 0 Å². The monoisotopic (exact) mass is 267 g/mol. The van der Waals surface area contributed by atoms with Crippen molar-refractivity contribution in [1.29, 1.82) is 0 Å². The fourth-order valence-electron chi connectivity index (χ4n) is 1.95. The molecule has 0 aromatic carbocycles. The van der Waals surface area contributed by atoms with Gasteiger partial charge in [0.05, 0.1) is 11.3 Å². The zero-order valence-electron chi connectivity index (χ0n) is 12.2. The van der Waals surface area contributed by atoms with Crippen molar-refractivity contribution in [2.24, 2.45) is 12.5 Å². The molecule has 0 spiro atoms. The van der Waals surface area contributed by atoms with E-state index in [4.69, 9.17) is 0 Å². The van der Waals surface area contributed by atoms with Crippen molar-refractivity contribution in [2.45, 2.75) is 40.7 Å². The van der Waals surface area contributed by atoms with Crippen LogP contribution in [0.2, 0.25) is 0 Å². The molecular formula is C13H21N3O3. The first-order valence-electron chi connectivity index (χ1n) is 6.09. The number of nitrogens with one attached hydrogen (secondary N) is 1. The third kappa shape index (κ3) is 3.13. The molecular weight excluding hydrogens is 246 g/mol. The Morgan fingerprint density at radius 2 is 1.84 bits per heavy atom. The van der Waals surface area contributed by atoms with E-state index in [0.29, 0.717) is 17.0 Å². The molecule has 19 heavy (non-hydrogen) atoms. The second kappa shape index (κ2) is 5.03. The molecule has 106 valence electrons. The Kier molecular flexibility index (Phi) is 4.03. The second-order valence-corrected chi connectivity index (χ2v) is 5.78. The molecule has 0 saturated heterocycles. The summed E-state index contributed by atoms with van der Waals surface area (Å²) in [7, 11) is 1.75. The second-order valence-electron chi connectivity index (χ2n) is 5.78. The van der Waals surface area contributed by atoms with Crippen molar-refractivity contribution in [1.82, 2.24) is 15.1 Å². The number of hydrogen-bond acceptors (Lipinski definition) is 3. The normalized spacial score (nSPS) is 13.2. The molecule has 1 amide bonds. The minimum Gasteiger partial charge on any atom is -0.480 e. The van der Waals surface area contributed by atoms with Crippen molar-refractivity contribution in [3.8, 4) is 0 Å². The summed E-state index contributed by atoms with van der Waals surface area (Å²) in [5, 5.41) is 15.9. The van der Waals surface area contributed by atoms with E-state index < -0.39 is 23.3 Å². The summed E-state index contributed by atoms with van der Waals surface area (Å²) in [6.07, 6.45) is 0. The van der Waals surface area contributed by atoms with Gasteiger partial charge in [-0.25, -0.2) is 4.79 Å². The number of carboxylic acid groups (broad SMARTS) is 1. The van der Waals surface area contributed by atoms with Crippen molar-refractivity contribution < 1.29 is 14.7 Å². The highest BCUT2D eigenvalue weighted by Gasteiger charge is 2.33. The van der Waals surface area contributed by atoms with E-state index in [0.717, 1.165) is 0 Å². The fraction of sp³-hybridized carbons (Fsp3) is 0.615. The molecule has 0 radical (unpaired) electrons. The molecule has 6 heteroatoms. The Morgan fingerprint density at radius 3 is 2.16 bits per heavy atom. The molecule has 0 aliphatic carbocycles. The summed E-state index contributed by atoms with van der Waals surface area (Å²) in [5.74, 6) is -1.44. The lowest BCUT2D eigenvalue weighted by Crippen LogP contribution is -2.49. The molecule has 2 N–H and O–H groups in total. The maximum Gasteiger partial charge on any atom is 0.326 e. The smallest absolute Gasteiger partial charge is 0.326 e. The third-order valence-corrected chi connectivity index (χ3v) is 3.12. The van der Waals surface area contributed by atoms with Crippen LogP contribution in [0.25, 0.3) is 0 Å². The van der Waals surface area contributed by atoms with Gasteiger partial charge < -0.3 is 10.4 Å². The van der Waals surface area contributed by atoms with Gasteiger partial charge in [0, 0.05) is 12.7 Å². The lowest BCUT2D eigenvalue weighted by atomic mass is 9.86. The number of amides is 1. The van der Waals surface area contributed by atoms with Gasteiger partial charge >= 0.3 is 5.97 Å². The van der Waals surface area contributed by atoms with Gasteiger partial charge in [-0.05, 0) is 19.3 Å². The van der Waals surface area contributed by atoms with Crippen LogP contribution in [0.15, 0.2) is 0 Å². The predicted octanol–water partition coefficient (Wildman–Crippen LogP) is 1.27. The van der Waals surface area contributed by atoms with Crippen molar-refractivity contribution in [3.05, 3.63) is 17.0 Å². The van der Waals surface area contributed by atoms with Gasteiger partial charge in [-0.3, -0.25) is 9.48 Å². The third-order valence-electron chi connectivity index (χ3n) is 3.12. The molecule has 1 aromatic rings. The van der Waals surface area contributed by atoms with Crippen molar-refractivity contribution in [3.63, 3.8) is 0 Å². The molecule has 0 saturated carbocycles. The number of nitrogens with zero attached hydrogens (tertiary/aromatic N) is 2. The van der Waals surface area contributed by atoms with E-state index in [1.807, 2.05) is 0 Å². The van der Waals surface area contributed by atoms with Gasteiger partial charge in [-0.1, -0.05) is 20.8 Å². The standard InChI is InChI=1S/C13H21N3O3/c1-7-9(8(2)16(6)15-7)11(17)14-10(12(18)19)13(3,4)5/h10H,1-6H3,(H,14,17)(H,18,19)/t10-/m1/s1. The number of aliphatic carboxylic acids is 1. The molecule has 1 rings (SSSR count). The fourth-order valence-corrected chi connectivity index (χ4v) is 1.95. The summed E-state index contributed by atoms with van der Waals surface area (Å²) >= 11 is 0. The van der Waals surface area contributed by atoms with Crippen LogP contribution < -0.4 is 5.32 Å². The molecule has 1 atom stereocenters. The summed E-state index contributed by atoms with van der Waals surface area (Å²) in [4.78, 5) is 23.5. The minimum atomic E-state index is -1.04. The van der Waals surface area contributed by atoms with Gasteiger partial charge in [0.1, 0.15) is 6.04 Å². The zero-order valence-corrected chi connectivity index (χ0v) is 12.2. The van der Waals surface area contributed by atoms with Gasteiger partial charge in [-0.2, -0.15) is 5.10 Å². The number of carbonyl (C=O) groups is 2. The molecule has 0 fully saturated rings. The SMILES string of the molecule is Cc1nn(C)c(C)c1C(=O)N[C@H](C(=O)O)C(C)(C)C. The van der Waals surface area contributed by atoms with Gasteiger partial charge in [0.15, 0.2) is 0 Å². The average molecular weight is 267 g/mol. The van der Waals surface area contributed by atoms with Crippen molar-refractivity contribution >= 4 is 11.9 Å². The summed E-state index contributed by atoms with van der Waals surface area (Å²) < 4.78 is 1.61. The number of rotatable bonds is 3. The Hall–Kier alpha value is -1.85. The van der Waals surface area contributed by atoms with Crippen LogP contribution >= 0.6 is 0 Å². The summed E-state index contributed by atoms with van der Waals surface area (Å²) in [5.41, 5.74) is 1.19. The van der Waals surface area contributed by atoms with E-state index in [1.165, 1.54) is 0 Å². The minimum absolute atomic E-state index is 0.398. The summed E-state index contributed by atoms with van der Waals surface area (Å²) in [6.45, 7) is 8.83. The Bertz CT molecular complexity index is 512. The van der Waals surface area contributed by atoms with Crippen LogP contribution in [0.5, 0.6) is 0 Å². The number of carbonyl (C=O) groups excluding carboxylic acids is 1. The molecule has 0 aliphatic rings.